The number of carbonyl (C=O) groups excluding carboxylic acids is 1. The molecule has 5 nitrogen and oxygen atoms in total. The van der Waals surface area contributed by atoms with Gasteiger partial charge in [-0.05, 0) is 19.9 Å². The Bertz CT molecular complexity index is 591. The van der Waals surface area contributed by atoms with Crippen molar-refractivity contribution in [3.05, 3.63) is 39.4 Å². The van der Waals surface area contributed by atoms with Crippen LogP contribution in [0, 0.1) is 34.1 Å². The number of hydrogen-bond donors (Lipinski definition) is 1. The van der Waals surface area contributed by atoms with Crippen molar-refractivity contribution in [2.45, 2.75) is 19.4 Å². The maximum atomic E-state index is 13.7. The summed E-state index contributed by atoms with van der Waals surface area (Å²) < 4.78 is 26.9. The summed E-state index contributed by atoms with van der Waals surface area (Å²) in [7, 11) is 0. The molecule has 19 heavy (non-hydrogen) atoms. The van der Waals surface area contributed by atoms with Crippen LogP contribution < -0.4 is 5.32 Å². The Balaban J connectivity index is 3.25. The third-order valence-electron chi connectivity index (χ3n) is 2.25. The molecule has 0 aliphatic rings. The quantitative estimate of drug-likeness (QED) is 0.518. The van der Waals surface area contributed by atoms with Crippen molar-refractivity contribution in [2.75, 3.05) is 0 Å². The lowest BCUT2D eigenvalue weighted by Crippen LogP contribution is -2.42. The molecule has 0 radical (unpaired) electrons. The number of nitrogens with zero attached hydrogens (tertiary/aromatic N) is 1. The fraction of sp³-hybridized carbons (Fsp3) is 0.250. The van der Waals surface area contributed by atoms with Gasteiger partial charge in [0.15, 0.2) is 0 Å². The van der Waals surface area contributed by atoms with Crippen LogP contribution in [-0.2, 0) is 0 Å². The van der Waals surface area contributed by atoms with Gasteiger partial charge in [0.05, 0.1) is 22.1 Å². The lowest BCUT2D eigenvalue weighted by Gasteiger charge is -2.19. The number of nitro benzene ring substituents is 1. The highest BCUT2D eigenvalue weighted by Crippen LogP contribution is 2.22. The van der Waals surface area contributed by atoms with Gasteiger partial charge in [0.25, 0.3) is 5.91 Å². The largest absolute Gasteiger partial charge is 0.336 e. The van der Waals surface area contributed by atoms with E-state index in [-0.39, 0.29) is 0 Å². The number of terminal acetylenes is 1. The number of halogens is 2. The molecule has 7 heteroatoms. The SMILES string of the molecule is C#CC(C)(C)NC(=O)c1cc(F)cc([N+](=O)[O-])c1F. The zero-order valence-electron chi connectivity index (χ0n) is 10.2. The van der Waals surface area contributed by atoms with E-state index >= 15 is 0 Å². The van der Waals surface area contributed by atoms with Crippen LogP contribution in [0.1, 0.15) is 24.2 Å². The zero-order valence-corrected chi connectivity index (χ0v) is 10.2. The van der Waals surface area contributed by atoms with Crippen molar-refractivity contribution in [3.63, 3.8) is 0 Å². The number of nitrogens with one attached hydrogen (secondary N) is 1. The highest BCUT2D eigenvalue weighted by Gasteiger charge is 2.26. The van der Waals surface area contributed by atoms with Gasteiger partial charge < -0.3 is 5.32 Å². The summed E-state index contributed by atoms with van der Waals surface area (Å²) in [5.41, 5.74) is -2.97. The maximum absolute atomic E-state index is 13.7. The van der Waals surface area contributed by atoms with Gasteiger partial charge in [0, 0.05) is 0 Å². The molecular weight excluding hydrogens is 258 g/mol. The highest BCUT2D eigenvalue weighted by atomic mass is 19.1. The third-order valence-corrected chi connectivity index (χ3v) is 2.25. The highest BCUT2D eigenvalue weighted by molar-refractivity contribution is 5.95. The van der Waals surface area contributed by atoms with Gasteiger partial charge >= 0.3 is 5.69 Å². The molecule has 1 aromatic rings. The van der Waals surface area contributed by atoms with Crippen molar-refractivity contribution in [3.8, 4) is 12.3 Å². The van der Waals surface area contributed by atoms with Gasteiger partial charge in [-0.25, -0.2) is 4.39 Å². The van der Waals surface area contributed by atoms with E-state index in [2.05, 4.69) is 11.2 Å². The Morgan fingerprint density at radius 2 is 2.05 bits per heavy atom. The summed E-state index contributed by atoms with van der Waals surface area (Å²) in [4.78, 5) is 21.1. The molecular formula is C12H10F2N2O3. The first-order chi connectivity index (χ1) is 8.68. The molecule has 1 N–H and O–H groups in total. The van der Waals surface area contributed by atoms with E-state index in [0.29, 0.717) is 12.1 Å². The summed E-state index contributed by atoms with van der Waals surface area (Å²) in [5.74, 6) is -1.29. The first-order valence-corrected chi connectivity index (χ1v) is 5.11. The monoisotopic (exact) mass is 268 g/mol. The van der Waals surface area contributed by atoms with Crippen LogP contribution in [0.4, 0.5) is 14.5 Å². The molecule has 0 spiro atoms. The van der Waals surface area contributed by atoms with Gasteiger partial charge in [-0.1, -0.05) is 5.92 Å². The number of hydrogen-bond acceptors (Lipinski definition) is 3. The van der Waals surface area contributed by atoms with Crippen LogP contribution in [0.15, 0.2) is 12.1 Å². The Hall–Kier alpha value is -2.49. The van der Waals surface area contributed by atoms with Gasteiger partial charge in [0.1, 0.15) is 5.82 Å². The molecule has 0 fully saturated rings. The van der Waals surface area contributed by atoms with Crippen LogP contribution in [0.2, 0.25) is 0 Å². The minimum absolute atomic E-state index is 0.401. The average molecular weight is 268 g/mol. The van der Waals surface area contributed by atoms with Gasteiger partial charge in [-0.3, -0.25) is 14.9 Å². The molecule has 0 atom stereocenters. The summed E-state index contributed by atoms with van der Waals surface area (Å²) in [6.45, 7) is 2.94. The lowest BCUT2D eigenvalue weighted by molar-refractivity contribution is -0.387. The van der Waals surface area contributed by atoms with Crippen LogP contribution >= 0.6 is 0 Å². The first-order valence-electron chi connectivity index (χ1n) is 5.11. The van der Waals surface area contributed by atoms with E-state index in [0.717, 1.165) is 0 Å². The second-order valence-electron chi connectivity index (χ2n) is 4.27. The summed E-state index contributed by atoms with van der Waals surface area (Å²) in [5, 5.41) is 12.8. The van der Waals surface area contributed by atoms with Gasteiger partial charge in [-0.2, -0.15) is 4.39 Å². The fourth-order valence-corrected chi connectivity index (χ4v) is 1.26. The molecule has 0 saturated carbocycles. The number of carbonyl (C=O) groups is 1. The fourth-order valence-electron chi connectivity index (χ4n) is 1.26. The predicted molar refractivity (Wildman–Crippen MR) is 63.4 cm³/mol. The smallest absolute Gasteiger partial charge is 0.308 e. The number of nitro groups is 1. The topological polar surface area (TPSA) is 72.2 Å². The molecule has 0 aliphatic carbocycles. The molecule has 1 amide bonds. The van der Waals surface area contributed by atoms with Crippen LogP contribution in [-0.4, -0.2) is 16.4 Å². The molecule has 100 valence electrons. The van der Waals surface area contributed by atoms with E-state index in [4.69, 9.17) is 6.42 Å². The minimum Gasteiger partial charge on any atom is -0.336 e. The zero-order chi connectivity index (χ0) is 14.8. The number of rotatable bonds is 3. The normalized spacial score (nSPS) is 10.7. The van der Waals surface area contributed by atoms with Gasteiger partial charge in [-0.15, -0.1) is 6.42 Å². The summed E-state index contributed by atoms with van der Waals surface area (Å²) >= 11 is 0. The van der Waals surface area contributed by atoms with E-state index < -0.39 is 39.3 Å². The molecule has 0 saturated heterocycles. The second-order valence-corrected chi connectivity index (χ2v) is 4.27. The standard InChI is InChI=1S/C12H10F2N2O3/c1-4-12(2,3)15-11(17)8-5-7(13)6-9(10(8)14)16(18)19/h1,5-6H,2-3H3,(H,15,17). The van der Waals surface area contributed by atoms with Crippen molar-refractivity contribution >= 4 is 11.6 Å². The average Bonchev–Trinajstić information content (AvgIpc) is 2.30. The van der Waals surface area contributed by atoms with Crippen molar-refractivity contribution in [1.82, 2.24) is 5.32 Å². The third kappa shape index (κ3) is 3.25. The molecule has 0 unspecified atom stereocenters. The molecule has 0 aromatic heterocycles. The second kappa shape index (κ2) is 5.02. The molecule has 0 aliphatic heterocycles. The lowest BCUT2D eigenvalue weighted by atomic mass is 10.1. The predicted octanol–water partition coefficient (Wildman–Crippen LogP) is 2.01. The van der Waals surface area contributed by atoms with Crippen LogP contribution in [0.3, 0.4) is 0 Å². The van der Waals surface area contributed by atoms with E-state index in [1.807, 2.05) is 0 Å². The Kier molecular flexibility index (Phi) is 3.85. The number of amides is 1. The Morgan fingerprint density at radius 1 is 1.47 bits per heavy atom. The van der Waals surface area contributed by atoms with Crippen molar-refractivity contribution in [2.24, 2.45) is 0 Å². The van der Waals surface area contributed by atoms with E-state index in [1.54, 1.807) is 0 Å². The molecule has 0 bridgehead atoms. The van der Waals surface area contributed by atoms with Crippen LogP contribution in [0.25, 0.3) is 0 Å². The van der Waals surface area contributed by atoms with Crippen LogP contribution in [0.5, 0.6) is 0 Å². The summed E-state index contributed by atoms with van der Waals surface area (Å²) in [6.07, 6.45) is 5.14. The minimum atomic E-state index is -1.41. The number of benzene rings is 1. The Labute approximate surface area is 107 Å². The molecule has 0 heterocycles. The van der Waals surface area contributed by atoms with Crippen molar-refractivity contribution < 1.29 is 18.5 Å². The first kappa shape index (κ1) is 14.6. The van der Waals surface area contributed by atoms with Gasteiger partial charge in [0.2, 0.25) is 5.82 Å². The maximum Gasteiger partial charge on any atom is 0.308 e. The van der Waals surface area contributed by atoms with Crippen molar-refractivity contribution in [1.29, 1.82) is 0 Å². The molecule has 1 rings (SSSR count). The van der Waals surface area contributed by atoms with E-state index in [1.165, 1.54) is 13.8 Å². The molecule has 1 aromatic carbocycles. The summed E-state index contributed by atoms with van der Waals surface area (Å²) in [6, 6.07) is 0.975. The van der Waals surface area contributed by atoms with E-state index in [9.17, 15) is 23.7 Å². The Morgan fingerprint density at radius 3 is 2.53 bits per heavy atom.